The second kappa shape index (κ2) is 8.92. The molecule has 0 fully saturated rings. The summed E-state index contributed by atoms with van der Waals surface area (Å²) in [7, 11) is 0. The molecule has 0 spiro atoms. The molecule has 0 saturated heterocycles. The van der Waals surface area contributed by atoms with Gasteiger partial charge >= 0.3 is 0 Å². The highest BCUT2D eigenvalue weighted by atomic mass is 32.1. The first-order valence-corrected chi connectivity index (χ1v) is 9.81. The lowest BCUT2D eigenvalue weighted by atomic mass is 9.87. The molecule has 3 N–H and O–H groups in total. The van der Waals surface area contributed by atoms with Crippen LogP contribution >= 0.6 is 12.2 Å². The lowest BCUT2D eigenvalue weighted by molar-refractivity contribution is 0.0950. The summed E-state index contributed by atoms with van der Waals surface area (Å²) in [6.45, 7) is 6.39. The highest BCUT2D eigenvalue weighted by molar-refractivity contribution is 7.80. The number of anilines is 2. The Morgan fingerprint density at radius 2 is 1.43 bits per heavy atom. The van der Waals surface area contributed by atoms with E-state index in [1.807, 2.05) is 24.3 Å². The zero-order chi connectivity index (χ0) is 21.7. The van der Waals surface area contributed by atoms with Crippen LogP contribution in [0.1, 0.15) is 47.2 Å². The predicted molar refractivity (Wildman–Crippen MR) is 122 cm³/mol. The summed E-state index contributed by atoms with van der Waals surface area (Å²) in [5.41, 5.74) is 3.12. The van der Waals surface area contributed by atoms with Crippen molar-refractivity contribution in [3.63, 3.8) is 0 Å². The van der Waals surface area contributed by atoms with E-state index in [1.54, 1.807) is 36.4 Å². The number of amides is 2. The fraction of sp³-hybridized carbons (Fsp3) is 0.174. The summed E-state index contributed by atoms with van der Waals surface area (Å²) in [5, 5.41) is 8.46. The van der Waals surface area contributed by atoms with E-state index < -0.39 is 5.91 Å². The molecule has 0 aliphatic rings. The van der Waals surface area contributed by atoms with Gasteiger partial charge in [-0.15, -0.1) is 0 Å². The van der Waals surface area contributed by atoms with Gasteiger partial charge in [0.1, 0.15) is 0 Å². The number of furan rings is 1. The summed E-state index contributed by atoms with van der Waals surface area (Å²) >= 11 is 5.13. The number of nitrogens with one attached hydrogen (secondary N) is 3. The summed E-state index contributed by atoms with van der Waals surface area (Å²) in [6, 6.07) is 17.8. The van der Waals surface area contributed by atoms with E-state index >= 15 is 0 Å². The number of carbonyl (C=O) groups is 2. The minimum Gasteiger partial charge on any atom is -0.459 e. The fourth-order valence-electron chi connectivity index (χ4n) is 2.70. The molecule has 6 nitrogen and oxygen atoms in total. The number of rotatable bonds is 4. The van der Waals surface area contributed by atoms with Crippen LogP contribution in [0.5, 0.6) is 0 Å². The molecule has 3 aromatic rings. The van der Waals surface area contributed by atoms with Crippen molar-refractivity contribution in [2.75, 3.05) is 10.6 Å². The quantitative estimate of drug-likeness (QED) is 0.519. The third-order valence-corrected chi connectivity index (χ3v) is 4.59. The van der Waals surface area contributed by atoms with E-state index in [0.29, 0.717) is 16.9 Å². The second-order valence-corrected chi connectivity index (χ2v) is 8.15. The van der Waals surface area contributed by atoms with Gasteiger partial charge in [0, 0.05) is 16.9 Å². The van der Waals surface area contributed by atoms with Gasteiger partial charge in [0.25, 0.3) is 11.8 Å². The molecule has 30 heavy (non-hydrogen) atoms. The van der Waals surface area contributed by atoms with Crippen molar-refractivity contribution in [1.82, 2.24) is 5.32 Å². The molecule has 0 atom stereocenters. The lowest BCUT2D eigenvalue weighted by Crippen LogP contribution is -2.33. The normalized spacial score (nSPS) is 10.9. The molecule has 7 heteroatoms. The maximum atomic E-state index is 12.5. The van der Waals surface area contributed by atoms with E-state index in [9.17, 15) is 9.59 Å². The van der Waals surface area contributed by atoms with Crippen LogP contribution in [0, 0.1) is 0 Å². The highest BCUT2D eigenvalue weighted by Crippen LogP contribution is 2.22. The second-order valence-electron chi connectivity index (χ2n) is 7.74. The van der Waals surface area contributed by atoms with Crippen LogP contribution < -0.4 is 16.0 Å². The number of hydrogen-bond acceptors (Lipinski definition) is 4. The van der Waals surface area contributed by atoms with Crippen molar-refractivity contribution in [3.05, 3.63) is 83.8 Å². The average Bonchev–Trinajstić information content (AvgIpc) is 3.24. The van der Waals surface area contributed by atoms with Gasteiger partial charge in [-0.2, -0.15) is 0 Å². The molecule has 1 aromatic heterocycles. The van der Waals surface area contributed by atoms with E-state index in [1.165, 1.54) is 11.8 Å². The van der Waals surface area contributed by atoms with Crippen LogP contribution in [0.4, 0.5) is 11.4 Å². The van der Waals surface area contributed by atoms with E-state index in [0.717, 1.165) is 0 Å². The van der Waals surface area contributed by atoms with Gasteiger partial charge in [0.15, 0.2) is 10.9 Å². The minimum absolute atomic E-state index is 0.0375. The summed E-state index contributed by atoms with van der Waals surface area (Å²) in [4.78, 5) is 24.4. The Kier molecular flexibility index (Phi) is 6.32. The first-order chi connectivity index (χ1) is 14.2. The van der Waals surface area contributed by atoms with Gasteiger partial charge in [-0.25, -0.2) is 0 Å². The molecule has 2 amide bonds. The Balaban J connectivity index is 1.55. The van der Waals surface area contributed by atoms with Crippen LogP contribution in [0.3, 0.4) is 0 Å². The van der Waals surface area contributed by atoms with Gasteiger partial charge in [-0.1, -0.05) is 32.9 Å². The maximum Gasteiger partial charge on any atom is 0.293 e. The van der Waals surface area contributed by atoms with Crippen molar-refractivity contribution in [3.8, 4) is 0 Å². The van der Waals surface area contributed by atoms with Gasteiger partial charge in [-0.3, -0.25) is 14.9 Å². The van der Waals surface area contributed by atoms with Crippen molar-refractivity contribution in [2.45, 2.75) is 26.2 Å². The number of hydrogen-bond donors (Lipinski definition) is 3. The number of carbonyl (C=O) groups excluding carboxylic acids is 2. The topological polar surface area (TPSA) is 83.4 Å². The molecule has 0 radical (unpaired) electrons. The zero-order valence-electron chi connectivity index (χ0n) is 17.0. The Morgan fingerprint density at radius 1 is 0.833 bits per heavy atom. The van der Waals surface area contributed by atoms with Gasteiger partial charge in [0.05, 0.1) is 6.26 Å². The molecule has 0 saturated carbocycles. The van der Waals surface area contributed by atoms with Gasteiger partial charge in [0.2, 0.25) is 0 Å². The standard InChI is InChI=1S/C23H23N3O3S/c1-23(2,3)16-8-6-15(7-9-16)20(27)24-17-10-12-18(13-11-17)25-22(30)26-21(28)19-5-4-14-29-19/h4-14H,1-3H3,(H,24,27)(H2,25,26,28,30). The highest BCUT2D eigenvalue weighted by Gasteiger charge is 2.14. The Bertz CT molecular complexity index is 1030. The van der Waals surface area contributed by atoms with Crippen molar-refractivity contribution in [1.29, 1.82) is 0 Å². The predicted octanol–water partition coefficient (Wildman–Crippen LogP) is 4.96. The summed E-state index contributed by atoms with van der Waals surface area (Å²) in [6.07, 6.45) is 1.41. The molecule has 0 unspecified atom stereocenters. The minimum atomic E-state index is -0.432. The van der Waals surface area contributed by atoms with Crippen molar-refractivity contribution in [2.24, 2.45) is 0 Å². The largest absolute Gasteiger partial charge is 0.459 e. The monoisotopic (exact) mass is 421 g/mol. The molecular weight excluding hydrogens is 398 g/mol. The smallest absolute Gasteiger partial charge is 0.293 e. The lowest BCUT2D eigenvalue weighted by Gasteiger charge is -2.19. The third-order valence-electron chi connectivity index (χ3n) is 4.39. The van der Waals surface area contributed by atoms with Gasteiger partial charge in [-0.05, 0) is 71.7 Å². The summed E-state index contributed by atoms with van der Waals surface area (Å²) < 4.78 is 5.02. The van der Waals surface area contributed by atoms with Crippen LogP contribution in [0.2, 0.25) is 0 Å². The van der Waals surface area contributed by atoms with Crippen LogP contribution in [0.25, 0.3) is 0 Å². The third kappa shape index (κ3) is 5.55. The zero-order valence-corrected chi connectivity index (χ0v) is 17.8. The molecule has 154 valence electrons. The number of benzene rings is 2. The molecule has 0 aliphatic carbocycles. The Hall–Kier alpha value is -3.45. The number of thiocarbonyl (C=S) groups is 1. The van der Waals surface area contributed by atoms with E-state index in [2.05, 4.69) is 36.7 Å². The maximum absolute atomic E-state index is 12.5. The Morgan fingerprint density at radius 3 is 1.97 bits per heavy atom. The molecular formula is C23H23N3O3S. The van der Waals surface area contributed by atoms with Crippen molar-refractivity contribution >= 4 is 40.5 Å². The van der Waals surface area contributed by atoms with Gasteiger partial charge < -0.3 is 15.1 Å². The van der Waals surface area contributed by atoms with Crippen LogP contribution in [0.15, 0.2) is 71.3 Å². The summed E-state index contributed by atoms with van der Waals surface area (Å²) in [5.74, 6) is -0.441. The SMILES string of the molecule is CC(C)(C)c1ccc(C(=O)Nc2ccc(NC(=S)NC(=O)c3ccco3)cc2)cc1. The van der Waals surface area contributed by atoms with E-state index in [-0.39, 0.29) is 22.2 Å². The van der Waals surface area contributed by atoms with Crippen LogP contribution in [-0.2, 0) is 5.41 Å². The van der Waals surface area contributed by atoms with E-state index in [4.69, 9.17) is 16.6 Å². The van der Waals surface area contributed by atoms with Crippen LogP contribution in [-0.4, -0.2) is 16.9 Å². The first kappa shape index (κ1) is 21.3. The molecule has 0 bridgehead atoms. The first-order valence-electron chi connectivity index (χ1n) is 9.40. The van der Waals surface area contributed by atoms with Crippen molar-refractivity contribution < 1.29 is 14.0 Å². The molecule has 3 rings (SSSR count). The Labute approximate surface area is 180 Å². The fourth-order valence-corrected chi connectivity index (χ4v) is 2.91. The molecule has 0 aliphatic heterocycles. The average molecular weight is 422 g/mol. The molecule has 2 aromatic carbocycles. The molecule has 1 heterocycles.